The molecule has 0 N–H and O–H groups in total. The van der Waals surface area contributed by atoms with Crippen molar-refractivity contribution in [2.75, 3.05) is 0 Å². The van der Waals surface area contributed by atoms with Crippen molar-refractivity contribution in [2.45, 2.75) is 19.8 Å². The van der Waals surface area contributed by atoms with Crippen molar-refractivity contribution < 1.29 is 4.39 Å². The topological polar surface area (TPSA) is 54.0 Å². The highest BCUT2D eigenvalue weighted by atomic mass is 19.1. The highest BCUT2D eigenvalue weighted by molar-refractivity contribution is 5.82. The van der Waals surface area contributed by atoms with Crippen molar-refractivity contribution in [3.8, 4) is 11.8 Å². The van der Waals surface area contributed by atoms with E-state index in [4.69, 9.17) is 0 Å². The van der Waals surface area contributed by atoms with Gasteiger partial charge >= 0.3 is 0 Å². The molecule has 2 aromatic carbocycles. The van der Waals surface area contributed by atoms with Crippen molar-refractivity contribution in [1.82, 2.24) is 9.55 Å². The predicted molar refractivity (Wildman–Crippen MR) is 96.0 cm³/mol. The molecule has 0 saturated carbocycles. The molecule has 0 atom stereocenters. The first-order chi connectivity index (χ1) is 12.1. The van der Waals surface area contributed by atoms with E-state index in [1.807, 2.05) is 18.2 Å². The second-order valence-electron chi connectivity index (χ2n) is 5.95. The van der Waals surface area contributed by atoms with Gasteiger partial charge in [-0.2, -0.15) is 5.26 Å². The van der Waals surface area contributed by atoms with E-state index in [1.54, 1.807) is 22.9 Å². The molecule has 5 heteroatoms. The molecule has 3 aromatic rings. The fraction of sp³-hybridized carbons (Fsp3) is 0.150. The molecule has 0 bridgehead atoms. The molecule has 0 spiro atoms. The van der Waals surface area contributed by atoms with Gasteiger partial charge in [-0.3, -0.25) is 4.57 Å². The Kier molecular flexibility index (Phi) is 4.71. The summed E-state index contributed by atoms with van der Waals surface area (Å²) in [6.07, 6.45) is 3.21. The van der Waals surface area contributed by atoms with Gasteiger partial charge in [0.2, 0.25) is 0 Å². The first-order valence-electron chi connectivity index (χ1n) is 7.96. The summed E-state index contributed by atoms with van der Waals surface area (Å²) in [6, 6.07) is 16.1. The number of hydrogen-bond acceptors (Lipinski definition) is 3. The number of halogens is 1. The van der Waals surface area contributed by atoms with Crippen LogP contribution in [0, 0.1) is 17.1 Å². The fourth-order valence-electron chi connectivity index (χ4n) is 2.44. The zero-order valence-corrected chi connectivity index (χ0v) is 14.0. The van der Waals surface area contributed by atoms with E-state index in [2.05, 4.69) is 36.0 Å². The number of rotatable bonds is 4. The van der Waals surface area contributed by atoms with Crippen LogP contribution in [0.3, 0.4) is 0 Å². The van der Waals surface area contributed by atoms with Crippen molar-refractivity contribution in [3.63, 3.8) is 0 Å². The van der Waals surface area contributed by atoms with Crippen LogP contribution < -0.4 is 0 Å². The van der Waals surface area contributed by atoms with Crippen molar-refractivity contribution >= 4 is 12.0 Å². The zero-order valence-electron chi connectivity index (χ0n) is 14.0. The Morgan fingerprint density at radius 2 is 1.80 bits per heavy atom. The number of benzene rings is 2. The summed E-state index contributed by atoms with van der Waals surface area (Å²) in [5.41, 5.74) is 3.10. The average Bonchev–Trinajstić information content (AvgIpc) is 3.04. The normalized spacial score (nSPS) is 11.2. The molecular formula is C20H17FN4. The number of aliphatic imine (C=N–C) groups is 1. The van der Waals surface area contributed by atoms with E-state index in [0.717, 1.165) is 5.56 Å². The molecule has 0 amide bonds. The van der Waals surface area contributed by atoms with Crippen LogP contribution in [-0.2, 0) is 0 Å². The largest absolute Gasteiger partial charge is 0.283 e. The molecule has 3 rings (SSSR count). The number of imidazole rings is 1. The van der Waals surface area contributed by atoms with Gasteiger partial charge in [0.1, 0.15) is 18.2 Å². The molecule has 124 valence electrons. The van der Waals surface area contributed by atoms with Gasteiger partial charge in [-0.15, -0.1) is 0 Å². The maximum Gasteiger partial charge on any atom is 0.185 e. The van der Waals surface area contributed by atoms with Crippen LogP contribution in [0.1, 0.15) is 36.6 Å². The summed E-state index contributed by atoms with van der Waals surface area (Å²) in [6.45, 7) is 4.28. The van der Waals surface area contributed by atoms with Gasteiger partial charge < -0.3 is 0 Å². The lowest BCUT2D eigenvalue weighted by Crippen LogP contribution is -1.93. The van der Waals surface area contributed by atoms with Crippen molar-refractivity contribution in [1.29, 1.82) is 5.26 Å². The third-order valence-electron chi connectivity index (χ3n) is 3.89. The zero-order chi connectivity index (χ0) is 17.8. The lowest BCUT2D eigenvalue weighted by molar-refractivity contribution is 0.627. The number of aromatic nitrogens is 2. The molecule has 0 unspecified atom stereocenters. The summed E-state index contributed by atoms with van der Waals surface area (Å²) in [5, 5.41) is 9.26. The number of nitriles is 1. The summed E-state index contributed by atoms with van der Waals surface area (Å²) < 4.78 is 14.8. The van der Waals surface area contributed by atoms with Crippen LogP contribution in [-0.4, -0.2) is 15.8 Å². The quantitative estimate of drug-likeness (QED) is 0.647. The highest BCUT2D eigenvalue weighted by Gasteiger charge is 2.11. The van der Waals surface area contributed by atoms with E-state index in [1.165, 1.54) is 24.0 Å². The molecule has 4 nitrogen and oxygen atoms in total. The predicted octanol–water partition coefficient (Wildman–Crippen LogP) is 4.76. The van der Waals surface area contributed by atoms with Gasteiger partial charge in [0.05, 0.1) is 0 Å². The van der Waals surface area contributed by atoms with Crippen LogP contribution in [0.25, 0.3) is 5.69 Å². The standard InChI is InChI=1S/C20H17FN4/c1-14(2)16-5-3-15(4-6-16)12-23-20-19(11-22)24-13-25(20)18-9-7-17(21)8-10-18/h3-10,12-14H,1-2H3/b23-12+. The average molecular weight is 332 g/mol. The van der Waals surface area contributed by atoms with Crippen LogP contribution in [0.15, 0.2) is 59.9 Å². The third kappa shape index (κ3) is 3.64. The lowest BCUT2D eigenvalue weighted by Gasteiger charge is -2.06. The second kappa shape index (κ2) is 7.10. The Morgan fingerprint density at radius 1 is 1.12 bits per heavy atom. The Hall–Kier alpha value is -3.26. The minimum atomic E-state index is -0.320. The van der Waals surface area contributed by atoms with Crippen LogP contribution in [0.5, 0.6) is 0 Å². The highest BCUT2D eigenvalue weighted by Crippen LogP contribution is 2.23. The number of nitrogens with zero attached hydrogens (tertiary/aromatic N) is 4. The molecular weight excluding hydrogens is 315 g/mol. The molecule has 0 radical (unpaired) electrons. The van der Waals surface area contributed by atoms with Gasteiger partial charge in [0.15, 0.2) is 11.5 Å². The Bertz CT molecular complexity index is 929. The van der Waals surface area contributed by atoms with E-state index in [-0.39, 0.29) is 11.5 Å². The van der Waals surface area contributed by atoms with E-state index >= 15 is 0 Å². The summed E-state index contributed by atoms with van der Waals surface area (Å²) in [4.78, 5) is 8.52. The summed E-state index contributed by atoms with van der Waals surface area (Å²) >= 11 is 0. The lowest BCUT2D eigenvalue weighted by atomic mass is 10.0. The molecule has 0 saturated heterocycles. The summed E-state index contributed by atoms with van der Waals surface area (Å²) in [5.74, 6) is 0.567. The third-order valence-corrected chi connectivity index (χ3v) is 3.89. The fourth-order valence-corrected chi connectivity index (χ4v) is 2.44. The molecule has 25 heavy (non-hydrogen) atoms. The van der Waals surface area contributed by atoms with E-state index in [9.17, 15) is 9.65 Å². The van der Waals surface area contributed by atoms with Gasteiger partial charge in [0.25, 0.3) is 0 Å². The van der Waals surface area contributed by atoms with Gasteiger partial charge in [-0.1, -0.05) is 38.1 Å². The van der Waals surface area contributed by atoms with Crippen molar-refractivity contribution in [3.05, 3.63) is 77.5 Å². The first-order valence-corrected chi connectivity index (χ1v) is 7.96. The minimum Gasteiger partial charge on any atom is -0.283 e. The maximum absolute atomic E-state index is 13.1. The maximum atomic E-state index is 13.1. The monoisotopic (exact) mass is 332 g/mol. The van der Waals surface area contributed by atoms with E-state index < -0.39 is 0 Å². The van der Waals surface area contributed by atoms with Crippen LogP contribution >= 0.6 is 0 Å². The Labute approximate surface area is 145 Å². The Balaban J connectivity index is 1.95. The molecule has 1 aromatic heterocycles. The molecule has 0 aliphatic heterocycles. The molecule has 1 heterocycles. The Morgan fingerprint density at radius 3 is 2.40 bits per heavy atom. The minimum absolute atomic E-state index is 0.222. The summed E-state index contributed by atoms with van der Waals surface area (Å²) in [7, 11) is 0. The second-order valence-corrected chi connectivity index (χ2v) is 5.95. The first kappa shape index (κ1) is 16.6. The van der Waals surface area contributed by atoms with Gasteiger partial charge in [-0.05, 0) is 41.3 Å². The van der Waals surface area contributed by atoms with Crippen LogP contribution in [0.2, 0.25) is 0 Å². The SMILES string of the molecule is CC(C)c1ccc(/C=N/c2c(C#N)ncn2-c2ccc(F)cc2)cc1. The van der Waals surface area contributed by atoms with Gasteiger partial charge in [-0.25, -0.2) is 14.4 Å². The molecule has 0 aliphatic rings. The molecule has 0 fully saturated rings. The van der Waals surface area contributed by atoms with E-state index in [0.29, 0.717) is 17.4 Å². The molecule has 0 aliphatic carbocycles. The van der Waals surface area contributed by atoms with Gasteiger partial charge in [0, 0.05) is 11.9 Å². The van der Waals surface area contributed by atoms with Crippen molar-refractivity contribution in [2.24, 2.45) is 4.99 Å². The van der Waals surface area contributed by atoms with Crippen LogP contribution in [0.4, 0.5) is 10.2 Å². The number of hydrogen-bond donors (Lipinski definition) is 0. The smallest absolute Gasteiger partial charge is 0.185 e.